The molecule has 4 aliphatic rings. The average Bonchev–Trinajstić information content (AvgIpc) is 3.07. The first kappa shape index (κ1) is 18.4. The van der Waals surface area contributed by atoms with Crippen LogP contribution in [-0.4, -0.2) is 28.0 Å². The van der Waals surface area contributed by atoms with Gasteiger partial charge in [-0.25, -0.2) is 0 Å². The lowest BCUT2D eigenvalue weighted by atomic mass is 9.39. The molecule has 6 heteroatoms. The molecule has 152 valence electrons. The van der Waals surface area contributed by atoms with Gasteiger partial charge in [-0.1, -0.05) is 32.9 Å². The Morgan fingerprint density at radius 3 is 2.62 bits per heavy atom. The number of hydrogen-bond acceptors (Lipinski definition) is 5. The lowest BCUT2D eigenvalue weighted by Gasteiger charge is -2.63. The summed E-state index contributed by atoms with van der Waals surface area (Å²) in [6.07, 6.45) is 3.16. The fourth-order valence-corrected chi connectivity index (χ4v) is 5.72. The van der Waals surface area contributed by atoms with E-state index in [1.165, 1.54) is 11.6 Å². The van der Waals surface area contributed by atoms with Crippen LogP contribution in [0.5, 0.6) is 11.8 Å². The van der Waals surface area contributed by atoms with E-state index in [1.807, 2.05) is 16.7 Å². The average molecular weight is 394 g/mol. The van der Waals surface area contributed by atoms with Gasteiger partial charge in [-0.3, -0.25) is 14.2 Å². The van der Waals surface area contributed by atoms with Crippen molar-refractivity contribution in [1.82, 2.24) is 9.55 Å². The molecule has 6 nitrogen and oxygen atoms in total. The molecule has 29 heavy (non-hydrogen) atoms. The predicted molar refractivity (Wildman–Crippen MR) is 107 cm³/mol. The maximum Gasteiger partial charge on any atom is 0.300 e. The van der Waals surface area contributed by atoms with Gasteiger partial charge in [0.15, 0.2) is 6.10 Å². The van der Waals surface area contributed by atoms with Crippen molar-refractivity contribution in [2.45, 2.75) is 51.7 Å². The number of fused-ring (bicyclic) bond motifs is 3. The Kier molecular flexibility index (Phi) is 3.92. The van der Waals surface area contributed by atoms with Gasteiger partial charge in [-0.2, -0.15) is 4.98 Å². The fourth-order valence-electron chi connectivity index (χ4n) is 5.72. The molecule has 4 atom stereocenters. The van der Waals surface area contributed by atoms with E-state index in [1.54, 1.807) is 6.20 Å². The van der Waals surface area contributed by atoms with Crippen molar-refractivity contribution in [2.75, 3.05) is 6.61 Å². The second kappa shape index (κ2) is 6.18. The highest BCUT2D eigenvalue weighted by Gasteiger charge is 2.63. The Balaban J connectivity index is 1.26. The smallest absolute Gasteiger partial charge is 0.300 e. The van der Waals surface area contributed by atoms with Crippen molar-refractivity contribution in [3.05, 3.63) is 52.4 Å². The third-order valence-electron chi connectivity index (χ3n) is 7.44. The zero-order valence-electron chi connectivity index (χ0n) is 17.1. The molecule has 2 aromatic rings. The SMILES string of the molecule is CC1(c2ccc(OCC3Cn4ccc(=O)nc4O3)cc2)CC(=O)C2CC1C2(C)C. The summed E-state index contributed by atoms with van der Waals surface area (Å²) >= 11 is 0. The van der Waals surface area contributed by atoms with Gasteiger partial charge in [0.25, 0.3) is 11.6 Å². The van der Waals surface area contributed by atoms with E-state index in [0.717, 1.165) is 12.2 Å². The maximum absolute atomic E-state index is 12.6. The van der Waals surface area contributed by atoms with E-state index in [9.17, 15) is 9.59 Å². The van der Waals surface area contributed by atoms with Crippen LogP contribution in [0.4, 0.5) is 0 Å². The number of Topliss-reactive ketones (excluding diaryl/α,β-unsaturated/α-hetero) is 1. The summed E-state index contributed by atoms with van der Waals surface area (Å²) in [5.74, 6) is 1.95. The van der Waals surface area contributed by atoms with E-state index in [2.05, 4.69) is 37.9 Å². The van der Waals surface area contributed by atoms with Crippen LogP contribution in [0.2, 0.25) is 0 Å². The molecule has 0 N–H and O–H groups in total. The molecular formula is C23H26N2O4. The van der Waals surface area contributed by atoms with E-state index in [0.29, 0.717) is 37.3 Å². The highest BCUT2D eigenvalue weighted by Crippen LogP contribution is 2.64. The van der Waals surface area contributed by atoms with Gasteiger partial charge in [-0.05, 0) is 35.4 Å². The second-order valence-corrected chi connectivity index (χ2v) is 9.50. The molecule has 4 unspecified atom stereocenters. The van der Waals surface area contributed by atoms with E-state index in [-0.39, 0.29) is 28.4 Å². The molecule has 3 aliphatic carbocycles. The maximum atomic E-state index is 12.6. The highest BCUT2D eigenvalue weighted by atomic mass is 16.6. The van der Waals surface area contributed by atoms with Gasteiger partial charge in [0.1, 0.15) is 18.1 Å². The number of ketones is 1. The molecule has 0 saturated heterocycles. The first-order chi connectivity index (χ1) is 13.8. The molecule has 2 bridgehead atoms. The monoisotopic (exact) mass is 394 g/mol. The van der Waals surface area contributed by atoms with Crippen molar-refractivity contribution in [1.29, 1.82) is 0 Å². The van der Waals surface area contributed by atoms with Gasteiger partial charge in [0.05, 0.1) is 6.54 Å². The number of aromatic nitrogens is 2. The predicted octanol–water partition coefficient (Wildman–Crippen LogP) is 2.98. The van der Waals surface area contributed by atoms with Crippen LogP contribution in [-0.2, 0) is 16.8 Å². The van der Waals surface area contributed by atoms with E-state index < -0.39 is 0 Å². The fraction of sp³-hybridized carbons (Fsp3) is 0.522. The Morgan fingerprint density at radius 2 is 1.93 bits per heavy atom. The van der Waals surface area contributed by atoms with Crippen molar-refractivity contribution >= 4 is 5.78 Å². The summed E-state index contributed by atoms with van der Waals surface area (Å²) in [4.78, 5) is 27.8. The standard InChI is InChI=1S/C23H26N2O4/c1-22(2)17-10-19(22)23(3,11-18(17)26)14-4-6-15(7-5-14)28-13-16-12-25-9-8-20(27)24-21(25)29-16/h4-9,16-17,19H,10-13H2,1-3H3. The van der Waals surface area contributed by atoms with Crippen LogP contribution >= 0.6 is 0 Å². The molecule has 3 saturated carbocycles. The zero-order valence-corrected chi connectivity index (χ0v) is 17.1. The lowest BCUT2D eigenvalue weighted by Crippen LogP contribution is -2.62. The Morgan fingerprint density at radius 1 is 1.17 bits per heavy atom. The van der Waals surface area contributed by atoms with Crippen molar-refractivity contribution in [2.24, 2.45) is 17.3 Å². The summed E-state index contributed by atoms with van der Waals surface area (Å²) in [5, 5.41) is 0. The van der Waals surface area contributed by atoms with E-state index >= 15 is 0 Å². The Labute approximate surface area is 169 Å². The highest BCUT2D eigenvalue weighted by molar-refractivity contribution is 5.86. The molecule has 0 spiro atoms. The van der Waals surface area contributed by atoms with Crippen LogP contribution in [0.25, 0.3) is 0 Å². The molecule has 1 aromatic heterocycles. The minimum atomic E-state index is -0.302. The number of carbonyl (C=O) groups excluding carboxylic acids is 1. The largest absolute Gasteiger partial charge is 0.490 e. The molecule has 1 aromatic carbocycles. The summed E-state index contributed by atoms with van der Waals surface area (Å²) in [5.41, 5.74) is 0.886. The topological polar surface area (TPSA) is 70.4 Å². The minimum Gasteiger partial charge on any atom is -0.490 e. The number of carbonyl (C=O) groups is 1. The number of benzene rings is 1. The third kappa shape index (κ3) is 2.80. The van der Waals surface area contributed by atoms with Gasteiger partial charge >= 0.3 is 0 Å². The summed E-state index contributed by atoms with van der Waals surface area (Å²) in [7, 11) is 0. The molecule has 2 heterocycles. The summed E-state index contributed by atoms with van der Waals surface area (Å²) in [6.45, 7) is 7.70. The van der Waals surface area contributed by atoms with Crippen LogP contribution in [0.3, 0.4) is 0 Å². The second-order valence-electron chi connectivity index (χ2n) is 9.50. The number of hydrogen-bond donors (Lipinski definition) is 0. The summed E-state index contributed by atoms with van der Waals surface area (Å²) in [6, 6.07) is 9.93. The molecule has 0 amide bonds. The zero-order chi connectivity index (χ0) is 20.4. The molecular weight excluding hydrogens is 368 g/mol. The minimum absolute atomic E-state index is 0.0870. The lowest BCUT2D eigenvalue weighted by molar-refractivity contribution is -0.161. The first-order valence-electron chi connectivity index (χ1n) is 10.3. The molecule has 3 fully saturated rings. The number of ether oxygens (including phenoxy) is 2. The van der Waals surface area contributed by atoms with Crippen molar-refractivity contribution in [3.8, 4) is 11.8 Å². The van der Waals surface area contributed by atoms with Crippen molar-refractivity contribution < 1.29 is 14.3 Å². The van der Waals surface area contributed by atoms with Gasteiger partial charge in [0.2, 0.25) is 0 Å². The van der Waals surface area contributed by atoms with Crippen LogP contribution in [0, 0.1) is 17.3 Å². The van der Waals surface area contributed by atoms with Gasteiger partial charge < -0.3 is 9.47 Å². The number of rotatable bonds is 4. The van der Waals surface area contributed by atoms with Gasteiger partial charge in [0, 0.05) is 30.0 Å². The van der Waals surface area contributed by atoms with Gasteiger partial charge in [-0.15, -0.1) is 0 Å². The Hall–Kier alpha value is -2.63. The quantitative estimate of drug-likeness (QED) is 0.797. The summed E-state index contributed by atoms with van der Waals surface area (Å²) < 4.78 is 13.4. The third-order valence-corrected chi connectivity index (χ3v) is 7.44. The molecule has 1 aliphatic heterocycles. The van der Waals surface area contributed by atoms with E-state index in [4.69, 9.17) is 9.47 Å². The van der Waals surface area contributed by atoms with Crippen LogP contribution in [0.15, 0.2) is 41.3 Å². The molecule has 0 radical (unpaired) electrons. The van der Waals surface area contributed by atoms with Crippen LogP contribution < -0.4 is 15.0 Å². The first-order valence-corrected chi connectivity index (χ1v) is 10.3. The molecule has 6 rings (SSSR count). The Bertz CT molecular complexity index is 1030. The normalized spacial score (nSPS) is 31.6. The van der Waals surface area contributed by atoms with Crippen LogP contribution in [0.1, 0.15) is 39.2 Å². The van der Waals surface area contributed by atoms with Crippen molar-refractivity contribution in [3.63, 3.8) is 0 Å². The number of nitrogens with zero attached hydrogens (tertiary/aromatic N) is 2.